The van der Waals surface area contributed by atoms with Gasteiger partial charge in [0.05, 0.1) is 6.61 Å². The van der Waals surface area contributed by atoms with E-state index < -0.39 is 44.4 Å². The number of hydrogen-bond acceptors (Lipinski definition) is 7. The number of rotatable bonds is 9. The van der Waals surface area contributed by atoms with Crippen LogP contribution in [-0.2, 0) is 15.7 Å². The molecule has 0 radical (unpaired) electrons. The summed E-state index contributed by atoms with van der Waals surface area (Å²) in [6.07, 6.45) is -5.57. The zero-order valence-electron chi connectivity index (χ0n) is 18.6. The summed E-state index contributed by atoms with van der Waals surface area (Å²) in [5.41, 5.74) is 2.37. The Morgan fingerprint density at radius 1 is 1.06 bits per heavy atom. The molecule has 33 heavy (non-hydrogen) atoms. The van der Waals surface area contributed by atoms with Crippen LogP contribution >= 0.6 is 18.9 Å². The second kappa shape index (κ2) is 11.3. The fourth-order valence-electron chi connectivity index (χ4n) is 3.69. The maximum Gasteiger partial charge on any atom is 0.142 e. The van der Waals surface area contributed by atoms with Crippen LogP contribution in [-0.4, -0.2) is 77.9 Å². The molecule has 3 rings (SSSR count). The van der Waals surface area contributed by atoms with Gasteiger partial charge in [0.2, 0.25) is 0 Å². The van der Waals surface area contributed by atoms with Gasteiger partial charge in [0.15, 0.2) is 0 Å². The van der Waals surface area contributed by atoms with Crippen molar-refractivity contribution in [2.24, 2.45) is 0 Å². The molecule has 5 N–H and O–H groups in total. The van der Waals surface area contributed by atoms with Gasteiger partial charge in [-0.2, -0.15) is 0 Å². The van der Waals surface area contributed by atoms with Gasteiger partial charge in [-0.25, -0.2) is 0 Å². The van der Waals surface area contributed by atoms with Crippen LogP contribution in [0.3, 0.4) is 0 Å². The van der Waals surface area contributed by atoms with Crippen LogP contribution in [0.4, 0.5) is 0 Å². The first-order valence-corrected chi connectivity index (χ1v) is 13.7. The highest BCUT2D eigenvalue weighted by atomic mass is 35.5. The fraction of sp³-hybridized carbons (Fsp3) is 0.478. The summed E-state index contributed by atoms with van der Waals surface area (Å²) in [6, 6.07) is 12.7. The summed E-state index contributed by atoms with van der Waals surface area (Å²) in [4.78, 5) is 0. The van der Waals surface area contributed by atoms with E-state index in [9.17, 15) is 25.0 Å². The Balaban J connectivity index is 1.67. The summed E-state index contributed by atoms with van der Waals surface area (Å²) in [7, 11) is -2.27. The first-order chi connectivity index (χ1) is 15.6. The van der Waals surface area contributed by atoms with Crippen LogP contribution in [0.2, 0.25) is 5.02 Å². The Bertz CT molecular complexity index is 966. The standard InChI is InChI=1S/C23H31ClNO7P/c1-33(2,30)25-9-10-31-17-6-3-14(4-7-17)11-16-12-15(5-8-18(16)24)23-22(29)21(28)20(27)19(13-26)32-23/h3-8,12,19-23,26-29H,9-11,13H2,1-2H3,(H,25,30)/t19-,20-,21-,22-,23+/m1/s1. The predicted octanol–water partition coefficient (Wildman–Crippen LogP) is 1.95. The lowest BCUT2D eigenvalue weighted by atomic mass is 9.90. The molecule has 1 fully saturated rings. The highest BCUT2D eigenvalue weighted by molar-refractivity contribution is 7.60. The van der Waals surface area contributed by atoms with Crippen molar-refractivity contribution in [3.8, 4) is 5.75 Å². The molecule has 2 aromatic rings. The monoisotopic (exact) mass is 499 g/mol. The van der Waals surface area contributed by atoms with Crippen molar-refractivity contribution in [1.29, 1.82) is 0 Å². The minimum atomic E-state index is -2.27. The second-order valence-corrected chi connectivity index (χ2v) is 12.0. The van der Waals surface area contributed by atoms with Gasteiger partial charge in [0.1, 0.15) is 50.2 Å². The van der Waals surface area contributed by atoms with E-state index in [1.807, 2.05) is 24.3 Å². The van der Waals surface area contributed by atoms with E-state index >= 15 is 0 Å². The van der Waals surface area contributed by atoms with E-state index in [0.29, 0.717) is 35.9 Å². The minimum Gasteiger partial charge on any atom is -0.492 e. The fourth-order valence-corrected chi connectivity index (χ4v) is 4.51. The van der Waals surface area contributed by atoms with Gasteiger partial charge in [-0.3, -0.25) is 5.09 Å². The molecule has 182 valence electrons. The van der Waals surface area contributed by atoms with Gasteiger partial charge in [-0.05, 0) is 41.3 Å². The Labute approximate surface area is 198 Å². The van der Waals surface area contributed by atoms with Gasteiger partial charge < -0.3 is 34.5 Å². The first-order valence-electron chi connectivity index (χ1n) is 10.7. The highest BCUT2D eigenvalue weighted by Crippen LogP contribution is 2.34. The smallest absolute Gasteiger partial charge is 0.142 e. The van der Waals surface area contributed by atoms with Gasteiger partial charge in [0, 0.05) is 24.9 Å². The lowest BCUT2D eigenvalue weighted by molar-refractivity contribution is -0.231. The number of halogens is 1. The minimum absolute atomic E-state index is 0.401. The summed E-state index contributed by atoms with van der Waals surface area (Å²) in [5.74, 6) is 0.698. The predicted molar refractivity (Wildman–Crippen MR) is 126 cm³/mol. The summed E-state index contributed by atoms with van der Waals surface area (Å²) in [6.45, 7) is 3.74. The molecule has 0 aromatic heterocycles. The van der Waals surface area contributed by atoms with Crippen molar-refractivity contribution in [3.63, 3.8) is 0 Å². The maximum absolute atomic E-state index is 11.6. The van der Waals surface area contributed by atoms with Crippen LogP contribution in [0.25, 0.3) is 0 Å². The molecule has 0 saturated carbocycles. The van der Waals surface area contributed by atoms with Gasteiger partial charge >= 0.3 is 0 Å². The average molecular weight is 500 g/mol. The van der Waals surface area contributed by atoms with Crippen molar-refractivity contribution in [2.75, 3.05) is 33.1 Å². The zero-order chi connectivity index (χ0) is 24.2. The molecule has 1 heterocycles. The van der Waals surface area contributed by atoms with Gasteiger partial charge in [-0.1, -0.05) is 35.9 Å². The summed E-state index contributed by atoms with van der Waals surface area (Å²) in [5, 5.41) is 43.4. The largest absolute Gasteiger partial charge is 0.492 e. The Kier molecular flexibility index (Phi) is 8.95. The molecule has 0 bridgehead atoms. The summed E-state index contributed by atoms with van der Waals surface area (Å²) >= 11 is 6.39. The van der Waals surface area contributed by atoms with Gasteiger partial charge in [0.25, 0.3) is 0 Å². The molecule has 8 nitrogen and oxygen atoms in total. The Morgan fingerprint density at radius 3 is 2.39 bits per heavy atom. The van der Waals surface area contributed by atoms with Gasteiger partial charge in [-0.15, -0.1) is 0 Å². The van der Waals surface area contributed by atoms with Crippen molar-refractivity contribution in [3.05, 3.63) is 64.2 Å². The number of aliphatic hydroxyl groups excluding tert-OH is 4. The molecule has 0 amide bonds. The molecule has 0 unspecified atom stereocenters. The number of ether oxygens (including phenoxy) is 2. The maximum atomic E-state index is 11.6. The van der Waals surface area contributed by atoms with E-state index in [-0.39, 0.29) is 0 Å². The molecule has 10 heteroatoms. The third-order valence-corrected chi connectivity index (χ3v) is 6.83. The van der Waals surface area contributed by atoms with Crippen LogP contribution in [0.5, 0.6) is 5.75 Å². The quantitative estimate of drug-likeness (QED) is 0.261. The van der Waals surface area contributed by atoms with E-state index in [0.717, 1.165) is 11.1 Å². The number of benzene rings is 2. The van der Waals surface area contributed by atoms with E-state index in [4.69, 9.17) is 21.1 Å². The SMILES string of the molecule is CP(C)(=O)NCCOc1ccc(Cc2cc([C@@H]3O[C@H](CO)[C@@H](O)[C@@H](O)[C@H]3O)ccc2Cl)cc1. The Hall–Kier alpha value is -1.48. The molecule has 1 saturated heterocycles. The second-order valence-electron chi connectivity index (χ2n) is 8.53. The van der Waals surface area contributed by atoms with Crippen LogP contribution in [0.1, 0.15) is 22.8 Å². The third kappa shape index (κ3) is 7.01. The van der Waals surface area contributed by atoms with E-state index in [1.54, 1.807) is 31.5 Å². The highest BCUT2D eigenvalue weighted by Gasteiger charge is 2.44. The van der Waals surface area contributed by atoms with Crippen molar-refractivity contribution < 1.29 is 34.5 Å². The first kappa shape index (κ1) is 26.1. The number of hydrogen-bond donors (Lipinski definition) is 5. The number of aliphatic hydroxyl groups is 4. The Morgan fingerprint density at radius 2 is 1.76 bits per heavy atom. The zero-order valence-corrected chi connectivity index (χ0v) is 20.2. The van der Waals surface area contributed by atoms with Crippen LogP contribution < -0.4 is 9.82 Å². The molecular formula is C23H31ClNO7P. The summed E-state index contributed by atoms with van der Waals surface area (Å²) < 4.78 is 23.0. The van der Waals surface area contributed by atoms with Crippen LogP contribution in [0, 0.1) is 0 Å². The lowest BCUT2D eigenvalue weighted by Gasteiger charge is -2.40. The molecule has 2 aromatic carbocycles. The molecule has 5 atom stereocenters. The van der Waals surface area contributed by atoms with Crippen molar-refractivity contribution in [1.82, 2.24) is 5.09 Å². The lowest BCUT2D eigenvalue weighted by Crippen LogP contribution is -2.55. The molecule has 0 spiro atoms. The molecule has 0 aliphatic carbocycles. The third-order valence-electron chi connectivity index (χ3n) is 5.47. The molecule has 1 aliphatic heterocycles. The normalized spacial score (nSPS) is 25.7. The van der Waals surface area contributed by atoms with Crippen molar-refractivity contribution >= 4 is 18.9 Å². The number of nitrogens with one attached hydrogen (secondary N) is 1. The van der Waals surface area contributed by atoms with Crippen molar-refractivity contribution in [2.45, 2.75) is 36.9 Å². The van der Waals surface area contributed by atoms with Crippen LogP contribution in [0.15, 0.2) is 42.5 Å². The molecule has 1 aliphatic rings. The molecular weight excluding hydrogens is 469 g/mol. The van der Waals surface area contributed by atoms with E-state index in [1.165, 1.54) is 0 Å². The topological polar surface area (TPSA) is 128 Å². The average Bonchev–Trinajstić information content (AvgIpc) is 2.77. The van der Waals surface area contributed by atoms with E-state index in [2.05, 4.69) is 5.09 Å².